The quantitative estimate of drug-likeness (QED) is 0.842. The van der Waals surface area contributed by atoms with Gasteiger partial charge in [-0.1, -0.05) is 24.3 Å². The molecule has 1 aromatic carbocycles. The SMILES string of the molecule is COCc1ccc(C2CC(=O)NC2C)cc1. The molecule has 2 atom stereocenters. The number of rotatable bonds is 3. The summed E-state index contributed by atoms with van der Waals surface area (Å²) in [6.07, 6.45) is 0.602. The molecule has 2 unspecified atom stereocenters. The highest BCUT2D eigenvalue weighted by molar-refractivity contribution is 5.80. The van der Waals surface area contributed by atoms with Crippen LogP contribution < -0.4 is 5.32 Å². The Balaban J connectivity index is 2.12. The van der Waals surface area contributed by atoms with Crippen LogP contribution in [-0.4, -0.2) is 19.1 Å². The van der Waals surface area contributed by atoms with Gasteiger partial charge in [0.25, 0.3) is 0 Å². The van der Waals surface area contributed by atoms with Crippen molar-refractivity contribution in [1.82, 2.24) is 5.32 Å². The van der Waals surface area contributed by atoms with Crippen LogP contribution in [-0.2, 0) is 16.1 Å². The molecule has 86 valence electrons. The Kier molecular flexibility index (Phi) is 3.25. The van der Waals surface area contributed by atoms with Crippen LogP contribution >= 0.6 is 0 Å². The smallest absolute Gasteiger partial charge is 0.220 e. The zero-order chi connectivity index (χ0) is 11.5. The van der Waals surface area contributed by atoms with Crippen molar-refractivity contribution in [3.8, 4) is 0 Å². The highest BCUT2D eigenvalue weighted by Crippen LogP contribution is 2.28. The number of carbonyl (C=O) groups excluding carboxylic acids is 1. The predicted octanol–water partition coefficient (Wildman–Crippen LogP) is 1.82. The Hall–Kier alpha value is -1.35. The van der Waals surface area contributed by atoms with Crippen molar-refractivity contribution in [3.63, 3.8) is 0 Å². The Morgan fingerprint density at radius 1 is 1.38 bits per heavy atom. The van der Waals surface area contributed by atoms with Crippen LogP contribution in [0, 0.1) is 0 Å². The molecule has 2 rings (SSSR count). The van der Waals surface area contributed by atoms with E-state index in [0.717, 1.165) is 5.56 Å². The Morgan fingerprint density at radius 2 is 2.06 bits per heavy atom. The summed E-state index contributed by atoms with van der Waals surface area (Å²) in [4.78, 5) is 11.3. The number of ether oxygens (including phenoxy) is 1. The largest absolute Gasteiger partial charge is 0.380 e. The van der Waals surface area contributed by atoms with Crippen molar-refractivity contribution >= 4 is 5.91 Å². The highest BCUT2D eigenvalue weighted by atomic mass is 16.5. The fraction of sp³-hybridized carbons (Fsp3) is 0.462. The topological polar surface area (TPSA) is 38.3 Å². The average molecular weight is 219 g/mol. The fourth-order valence-electron chi connectivity index (χ4n) is 2.22. The third-order valence-corrected chi connectivity index (χ3v) is 3.12. The second kappa shape index (κ2) is 4.66. The summed E-state index contributed by atoms with van der Waals surface area (Å²) in [7, 11) is 1.69. The van der Waals surface area contributed by atoms with Crippen LogP contribution in [0.5, 0.6) is 0 Å². The zero-order valence-corrected chi connectivity index (χ0v) is 9.69. The first-order valence-electron chi connectivity index (χ1n) is 5.58. The van der Waals surface area contributed by atoms with Crippen LogP contribution in [0.4, 0.5) is 0 Å². The van der Waals surface area contributed by atoms with E-state index in [4.69, 9.17) is 4.74 Å². The monoisotopic (exact) mass is 219 g/mol. The summed E-state index contributed by atoms with van der Waals surface area (Å²) < 4.78 is 5.06. The molecule has 0 radical (unpaired) electrons. The van der Waals surface area contributed by atoms with Crippen LogP contribution in [0.1, 0.15) is 30.4 Å². The molecular weight excluding hydrogens is 202 g/mol. The highest BCUT2D eigenvalue weighted by Gasteiger charge is 2.29. The molecule has 1 aliphatic heterocycles. The van der Waals surface area contributed by atoms with Crippen molar-refractivity contribution in [2.75, 3.05) is 7.11 Å². The molecule has 1 amide bonds. The van der Waals surface area contributed by atoms with E-state index < -0.39 is 0 Å². The van der Waals surface area contributed by atoms with Gasteiger partial charge in [0.1, 0.15) is 0 Å². The van der Waals surface area contributed by atoms with E-state index in [2.05, 4.69) is 36.5 Å². The lowest BCUT2D eigenvalue weighted by Gasteiger charge is -2.14. The number of methoxy groups -OCH3 is 1. The van der Waals surface area contributed by atoms with Gasteiger partial charge in [0, 0.05) is 25.5 Å². The van der Waals surface area contributed by atoms with Crippen LogP contribution in [0.15, 0.2) is 24.3 Å². The van der Waals surface area contributed by atoms with E-state index in [-0.39, 0.29) is 11.9 Å². The van der Waals surface area contributed by atoms with Crippen molar-refractivity contribution in [1.29, 1.82) is 0 Å². The summed E-state index contributed by atoms with van der Waals surface area (Å²) >= 11 is 0. The van der Waals surface area contributed by atoms with E-state index in [1.54, 1.807) is 7.11 Å². The fourth-order valence-corrected chi connectivity index (χ4v) is 2.22. The van der Waals surface area contributed by atoms with Gasteiger partial charge in [-0.15, -0.1) is 0 Å². The number of hydrogen-bond acceptors (Lipinski definition) is 2. The van der Waals surface area contributed by atoms with Crippen molar-refractivity contribution in [2.24, 2.45) is 0 Å². The molecule has 0 aromatic heterocycles. The maximum atomic E-state index is 11.3. The second-order valence-electron chi connectivity index (χ2n) is 4.34. The van der Waals surface area contributed by atoms with Gasteiger partial charge in [-0.05, 0) is 18.1 Å². The molecule has 3 nitrogen and oxygen atoms in total. The molecule has 3 heteroatoms. The molecule has 1 heterocycles. The van der Waals surface area contributed by atoms with Gasteiger partial charge in [0.05, 0.1) is 6.61 Å². The number of amides is 1. The summed E-state index contributed by atoms with van der Waals surface area (Å²) in [5.41, 5.74) is 2.39. The summed E-state index contributed by atoms with van der Waals surface area (Å²) in [5, 5.41) is 2.94. The molecule has 1 N–H and O–H groups in total. The van der Waals surface area contributed by atoms with E-state index in [0.29, 0.717) is 18.9 Å². The molecule has 1 aromatic rings. The van der Waals surface area contributed by atoms with E-state index in [9.17, 15) is 4.79 Å². The Morgan fingerprint density at radius 3 is 2.56 bits per heavy atom. The molecule has 0 bridgehead atoms. The van der Waals surface area contributed by atoms with E-state index >= 15 is 0 Å². The standard InChI is InChI=1S/C13H17NO2/c1-9-12(7-13(15)14-9)11-5-3-10(4-6-11)8-16-2/h3-6,9,12H,7-8H2,1-2H3,(H,14,15). The molecule has 1 saturated heterocycles. The normalized spacial score (nSPS) is 24.5. The second-order valence-corrected chi connectivity index (χ2v) is 4.34. The van der Waals surface area contributed by atoms with Crippen LogP contribution in [0.2, 0.25) is 0 Å². The summed E-state index contributed by atoms with van der Waals surface area (Å²) in [6, 6.07) is 8.55. The van der Waals surface area contributed by atoms with Crippen molar-refractivity contribution in [3.05, 3.63) is 35.4 Å². The summed E-state index contributed by atoms with van der Waals surface area (Å²) in [6.45, 7) is 2.69. The van der Waals surface area contributed by atoms with Gasteiger partial charge in [-0.3, -0.25) is 4.79 Å². The maximum absolute atomic E-state index is 11.3. The number of carbonyl (C=O) groups is 1. The Bertz CT molecular complexity index is 372. The van der Waals surface area contributed by atoms with E-state index in [1.165, 1.54) is 5.56 Å². The lowest BCUT2D eigenvalue weighted by molar-refractivity contribution is -0.119. The first-order chi connectivity index (χ1) is 7.70. The van der Waals surface area contributed by atoms with Gasteiger partial charge in [-0.25, -0.2) is 0 Å². The lowest BCUT2D eigenvalue weighted by atomic mass is 9.92. The Labute approximate surface area is 95.8 Å². The van der Waals surface area contributed by atoms with E-state index in [1.807, 2.05) is 0 Å². The number of hydrogen-bond donors (Lipinski definition) is 1. The number of nitrogens with one attached hydrogen (secondary N) is 1. The van der Waals surface area contributed by atoms with Crippen LogP contribution in [0.25, 0.3) is 0 Å². The minimum absolute atomic E-state index is 0.151. The van der Waals surface area contributed by atoms with Crippen molar-refractivity contribution in [2.45, 2.75) is 31.9 Å². The van der Waals surface area contributed by atoms with Gasteiger partial charge >= 0.3 is 0 Å². The predicted molar refractivity (Wildman–Crippen MR) is 62.1 cm³/mol. The van der Waals surface area contributed by atoms with Crippen LogP contribution in [0.3, 0.4) is 0 Å². The number of benzene rings is 1. The van der Waals surface area contributed by atoms with Gasteiger partial charge in [0.15, 0.2) is 0 Å². The summed E-state index contributed by atoms with van der Waals surface area (Å²) in [5.74, 6) is 0.461. The third-order valence-electron chi connectivity index (χ3n) is 3.12. The minimum atomic E-state index is 0.151. The van der Waals surface area contributed by atoms with Crippen molar-refractivity contribution < 1.29 is 9.53 Å². The zero-order valence-electron chi connectivity index (χ0n) is 9.69. The minimum Gasteiger partial charge on any atom is -0.380 e. The first kappa shape index (κ1) is 11.1. The molecule has 0 spiro atoms. The van der Waals surface area contributed by atoms with Gasteiger partial charge < -0.3 is 10.1 Å². The lowest BCUT2D eigenvalue weighted by Crippen LogP contribution is -2.24. The van der Waals surface area contributed by atoms with Gasteiger partial charge in [0.2, 0.25) is 5.91 Å². The molecule has 1 aliphatic rings. The molecule has 1 fully saturated rings. The molecular formula is C13H17NO2. The molecule has 0 aliphatic carbocycles. The maximum Gasteiger partial charge on any atom is 0.220 e. The molecule has 16 heavy (non-hydrogen) atoms. The first-order valence-corrected chi connectivity index (χ1v) is 5.58. The van der Waals surface area contributed by atoms with Gasteiger partial charge in [-0.2, -0.15) is 0 Å². The third kappa shape index (κ3) is 2.25. The molecule has 0 saturated carbocycles. The average Bonchev–Trinajstić information content (AvgIpc) is 2.59.